The predicted octanol–water partition coefficient (Wildman–Crippen LogP) is -0.534. The van der Waals surface area contributed by atoms with E-state index in [0.717, 1.165) is 4.57 Å². The number of rotatable bonds is 0. The maximum Gasteiger partial charge on any atom is 0.332 e. The largest absolute Gasteiger partial charge is 0.391 e. The standard InChI is InChI=1S/C9H16N4O2/c1-9(2,3)13-6(11)5(10)7(14)12(4)8(13)15/h10-11H2,1-4H3. The number of hydrogen-bond donors (Lipinski definition) is 2. The lowest BCUT2D eigenvalue weighted by molar-refractivity contribution is 0.374. The number of nitrogen functional groups attached to an aromatic ring is 2. The van der Waals surface area contributed by atoms with E-state index < -0.39 is 16.8 Å². The molecule has 0 bridgehead atoms. The fourth-order valence-electron chi connectivity index (χ4n) is 1.40. The van der Waals surface area contributed by atoms with Crippen molar-refractivity contribution in [3.63, 3.8) is 0 Å². The Hall–Kier alpha value is -1.72. The van der Waals surface area contributed by atoms with Gasteiger partial charge in [0.25, 0.3) is 5.56 Å². The summed E-state index contributed by atoms with van der Waals surface area (Å²) in [5, 5.41) is 0. The molecular formula is C9H16N4O2. The van der Waals surface area contributed by atoms with Crippen molar-refractivity contribution in [2.45, 2.75) is 26.3 Å². The summed E-state index contributed by atoms with van der Waals surface area (Å²) in [6.45, 7) is 5.44. The van der Waals surface area contributed by atoms with E-state index in [0.29, 0.717) is 0 Å². The van der Waals surface area contributed by atoms with Crippen LogP contribution in [0, 0.1) is 0 Å². The highest BCUT2D eigenvalue weighted by Crippen LogP contribution is 2.17. The SMILES string of the molecule is Cn1c(=O)c(N)c(N)n(C(C)(C)C)c1=O. The first-order valence-electron chi connectivity index (χ1n) is 4.55. The van der Waals surface area contributed by atoms with Gasteiger partial charge in [0.1, 0.15) is 11.5 Å². The van der Waals surface area contributed by atoms with Gasteiger partial charge in [-0.2, -0.15) is 0 Å². The van der Waals surface area contributed by atoms with Gasteiger partial charge in [-0.1, -0.05) is 0 Å². The summed E-state index contributed by atoms with van der Waals surface area (Å²) in [5.74, 6) is 0.0237. The van der Waals surface area contributed by atoms with Crippen LogP contribution in [0.2, 0.25) is 0 Å². The average Bonchev–Trinajstić information content (AvgIpc) is 2.09. The van der Waals surface area contributed by atoms with Gasteiger partial charge in [0, 0.05) is 12.6 Å². The molecule has 0 amide bonds. The molecule has 0 atom stereocenters. The average molecular weight is 212 g/mol. The van der Waals surface area contributed by atoms with Crippen LogP contribution in [-0.4, -0.2) is 9.13 Å². The van der Waals surface area contributed by atoms with Crippen molar-refractivity contribution in [3.05, 3.63) is 20.8 Å². The molecule has 0 radical (unpaired) electrons. The fourth-order valence-corrected chi connectivity index (χ4v) is 1.40. The van der Waals surface area contributed by atoms with Gasteiger partial charge in [-0.15, -0.1) is 0 Å². The second-order valence-electron chi connectivity index (χ2n) is 4.45. The molecule has 4 N–H and O–H groups in total. The number of nitrogens with zero attached hydrogens (tertiary/aromatic N) is 2. The van der Waals surface area contributed by atoms with Gasteiger partial charge < -0.3 is 11.5 Å². The highest BCUT2D eigenvalue weighted by atomic mass is 16.2. The normalized spacial score (nSPS) is 11.7. The quantitative estimate of drug-likeness (QED) is 0.604. The molecule has 0 saturated carbocycles. The van der Waals surface area contributed by atoms with E-state index >= 15 is 0 Å². The minimum Gasteiger partial charge on any atom is -0.391 e. The van der Waals surface area contributed by atoms with Crippen molar-refractivity contribution >= 4 is 11.5 Å². The molecule has 84 valence electrons. The maximum absolute atomic E-state index is 11.8. The van der Waals surface area contributed by atoms with Crippen LogP contribution in [0.1, 0.15) is 20.8 Å². The third kappa shape index (κ3) is 1.62. The van der Waals surface area contributed by atoms with Gasteiger partial charge in [-0.3, -0.25) is 13.9 Å². The Bertz CT molecular complexity index is 505. The van der Waals surface area contributed by atoms with Crippen molar-refractivity contribution in [1.82, 2.24) is 9.13 Å². The van der Waals surface area contributed by atoms with Gasteiger partial charge in [0.2, 0.25) is 0 Å². The Labute approximate surface area is 87.1 Å². The van der Waals surface area contributed by atoms with Crippen molar-refractivity contribution < 1.29 is 0 Å². The van der Waals surface area contributed by atoms with E-state index in [1.807, 2.05) is 20.8 Å². The lowest BCUT2D eigenvalue weighted by Crippen LogP contribution is -2.46. The molecule has 1 aromatic heterocycles. The molecule has 6 heteroatoms. The second-order valence-corrected chi connectivity index (χ2v) is 4.45. The number of hydrogen-bond acceptors (Lipinski definition) is 4. The van der Waals surface area contributed by atoms with Crippen molar-refractivity contribution in [2.75, 3.05) is 11.5 Å². The topological polar surface area (TPSA) is 96.0 Å². The highest BCUT2D eigenvalue weighted by molar-refractivity contribution is 5.57. The van der Waals surface area contributed by atoms with Crippen LogP contribution in [0.15, 0.2) is 9.59 Å². The molecule has 0 saturated heterocycles. The molecule has 0 unspecified atom stereocenters. The molecule has 1 aromatic rings. The van der Waals surface area contributed by atoms with Crippen molar-refractivity contribution in [3.8, 4) is 0 Å². The molecule has 0 aliphatic carbocycles. The van der Waals surface area contributed by atoms with Crippen LogP contribution in [0.4, 0.5) is 11.5 Å². The number of anilines is 2. The van der Waals surface area contributed by atoms with Crippen LogP contribution in [0.25, 0.3) is 0 Å². The number of aromatic nitrogens is 2. The zero-order valence-corrected chi connectivity index (χ0v) is 9.37. The summed E-state index contributed by atoms with van der Waals surface area (Å²) in [6.07, 6.45) is 0. The van der Waals surface area contributed by atoms with E-state index in [9.17, 15) is 9.59 Å². The summed E-state index contributed by atoms with van der Waals surface area (Å²) in [4.78, 5) is 23.2. The third-order valence-electron chi connectivity index (χ3n) is 2.20. The van der Waals surface area contributed by atoms with Crippen molar-refractivity contribution in [2.24, 2.45) is 7.05 Å². The van der Waals surface area contributed by atoms with Gasteiger partial charge in [0.05, 0.1) is 0 Å². The first-order valence-corrected chi connectivity index (χ1v) is 4.55. The van der Waals surface area contributed by atoms with Crippen LogP contribution in [-0.2, 0) is 12.6 Å². The van der Waals surface area contributed by atoms with Gasteiger partial charge in [0.15, 0.2) is 0 Å². The lowest BCUT2D eigenvalue weighted by Gasteiger charge is -2.25. The molecular weight excluding hydrogens is 196 g/mol. The lowest BCUT2D eigenvalue weighted by atomic mass is 10.1. The second kappa shape index (κ2) is 3.15. The first-order chi connectivity index (χ1) is 6.68. The van der Waals surface area contributed by atoms with Crippen LogP contribution in [0.3, 0.4) is 0 Å². The molecule has 0 aromatic carbocycles. The fraction of sp³-hybridized carbons (Fsp3) is 0.556. The Morgan fingerprint density at radius 2 is 1.60 bits per heavy atom. The summed E-state index contributed by atoms with van der Waals surface area (Å²) in [6, 6.07) is 0. The maximum atomic E-state index is 11.8. The molecule has 15 heavy (non-hydrogen) atoms. The van der Waals surface area contributed by atoms with E-state index in [1.165, 1.54) is 11.6 Å². The van der Waals surface area contributed by atoms with Crippen LogP contribution in [0.5, 0.6) is 0 Å². The van der Waals surface area contributed by atoms with Crippen molar-refractivity contribution in [1.29, 1.82) is 0 Å². The highest BCUT2D eigenvalue weighted by Gasteiger charge is 2.22. The zero-order valence-electron chi connectivity index (χ0n) is 9.37. The monoisotopic (exact) mass is 212 g/mol. The van der Waals surface area contributed by atoms with E-state index in [-0.39, 0.29) is 11.5 Å². The van der Waals surface area contributed by atoms with E-state index in [4.69, 9.17) is 11.5 Å². The summed E-state index contributed by atoms with van der Waals surface area (Å²) in [5.41, 5.74) is 9.57. The molecule has 0 fully saturated rings. The zero-order chi connectivity index (χ0) is 12.0. The first kappa shape index (κ1) is 11.4. The molecule has 1 rings (SSSR count). The predicted molar refractivity (Wildman–Crippen MR) is 59.8 cm³/mol. The molecule has 0 aliphatic rings. The Kier molecular flexibility index (Phi) is 2.38. The van der Waals surface area contributed by atoms with Crippen LogP contribution < -0.4 is 22.7 Å². The number of nitrogens with two attached hydrogens (primary N) is 2. The Morgan fingerprint density at radius 1 is 1.13 bits per heavy atom. The molecule has 0 aliphatic heterocycles. The molecule has 6 nitrogen and oxygen atoms in total. The Balaban J connectivity index is 3.85. The van der Waals surface area contributed by atoms with Gasteiger partial charge in [-0.25, -0.2) is 4.79 Å². The van der Waals surface area contributed by atoms with E-state index in [2.05, 4.69) is 0 Å². The summed E-state index contributed by atoms with van der Waals surface area (Å²) < 4.78 is 2.26. The van der Waals surface area contributed by atoms with Gasteiger partial charge >= 0.3 is 5.69 Å². The molecule has 0 spiro atoms. The smallest absolute Gasteiger partial charge is 0.332 e. The summed E-state index contributed by atoms with van der Waals surface area (Å²) in [7, 11) is 1.38. The van der Waals surface area contributed by atoms with Gasteiger partial charge in [-0.05, 0) is 20.8 Å². The summed E-state index contributed by atoms with van der Waals surface area (Å²) >= 11 is 0. The van der Waals surface area contributed by atoms with E-state index in [1.54, 1.807) is 0 Å². The Morgan fingerprint density at radius 3 is 2.00 bits per heavy atom. The third-order valence-corrected chi connectivity index (χ3v) is 2.20. The minimum absolute atomic E-state index is 0.0237. The molecule has 1 heterocycles. The van der Waals surface area contributed by atoms with Crippen LogP contribution >= 0.6 is 0 Å². The minimum atomic E-state index is -0.557.